The summed E-state index contributed by atoms with van der Waals surface area (Å²) in [6.07, 6.45) is 0.237. The maximum atomic E-state index is 14.3. The maximum absolute atomic E-state index is 14.3. The highest BCUT2D eigenvalue weighted by atomic mass is 35.5. The SMILES string of the molecule is CNC(=O)C(Cc1ccccc1)N(Cc1cccc(C)c1)C(=O)CN(c1cccc(Cl)c1)S(=O)(=O)c1ccc(OC)cc1. The molecule has 1 unspecified atom stereocenters. The van der Waals surface area contributed by atoms with Crippen molar-refractivity contribution in [2.45, 2.75) is 30.8 Å². The number of carbonyl (C=O) groups is 2. The van der Waals surface area contributed by atoms with Crippen LogP contribution < -0.4 is 14.4 Å². The molecule has 10 heteroatoms. The second-order valence-electron chi connectivity index (χ2n) is 10.00. The van der Waals surface area contributed by atoms with E-state index in [1.54, 1.807) is 18.2 Å². The summed E-state index contributed by atoms with van der Waals surface area (Å²) < 4.78 is 34.3. The van der Waals surface area contributed by atoms with Gasteiger partial charge in [-0.05, 0) is 60.5 Å². The van der Waals surface area contributed by atoms with Crippen LogP contribution >= 0.6 is 11.6 Å². The number of hydrogen-bond donors (Lipinski definition) is 1. The molecular weight excluding hydrogens is 586 g/mol. The number of amides is 2. The fourth-order valence-corrected chi connectivity index (χ4v) is 6.35. The average Bonchev–Trinajstić information content (AvgIpc) is 3.01. The molecular formula is C33H34ClN3O5S. The lowest BCUT2D eigenvalue weighted by Crippen LogP contribution is -2.53. The molecule has 0 aliphatic carbocycles. The second-order valence-corrected chi connectivity index (χ2v) is 12.3. The number of carbonyl (C=O) groups excluding carboxylic acids is 2. The molecule has 4 aromatic carbocycles. The number of nitrogens with zero attached hydrogens (tertiary/aromatic N) is 2. The third kappa shape index (κ3) is 7.94. The Bertz CT molecular complexity index is 1660. The predicted octanol–water partition coefficient (Wildman–Crippen LogP) is 5.24. The van der Waals surface area contributed by atoms with Gasteiger partial charge in [-0.1, -0.05) is 77.8 Å². The number of ether oxygens (including phenoxy) is 1. The van der Waals surface area contributed by atoms with Crippen LogP contribution in [0.3, 0.4) is 0 Å². The highest BCUT2D eigenvalue weighted by molar-refractivity contribution is 7.92. The quantitative estimate of drug-likeness (QED) is 0.234. The summed E-state index contributed by atoms with van der Waals surface area (Å²) in [5, 5.41) is 2.99. The number of sulfonamides is 1. The number of hydrogen-bond acceptors (Lipinski definition) is 5. The molecule has 1 atom stereocenters. The number of halogens is 1. The standard InChI is InChI=1S/C33H34ClN3O5S/c1-24-9-7-12-26(19-24)22-36(31(33(39)35-2)20-25-10-5-4-6-11-25)32(38)23-37(28-14-8-13-27(34)21-28)43(40,41)30-17-15-29(42-3)16-18-30/h4-19,21,31H,20,22-23H2,1-3H3,(H,35,39). The van der Waals surface area contributed by atoms with Gasteiger partial charge in [-0.2, -0.15) is 0 Å². The molecule has 0 aliphatic heterocycles. The van der Waals surface area contributed by atoms with Crippen molar-refractivity contribution in [2.24, 2.45) is 0 Å². The van der Waals surface area contributed by atoms with Crippen LogP contribution in [0.25, 0.3) is 0 Å². The van der Waals surface area contributed by atoms with Gasteiger partial charge in [0.25, 0.3) is 10.0 Å². The number of nitrogens with one attached hydrogen (secondary N) is 1. The van der Waals surface area contributed by atoms with Crippen LogP contribution in [0.4, 0.5) is 5.69 Å². The van der Waals surface area contributed by atoms with Gasteiger partial charge in [-0.25, -0.2) is 8.42 Å². The number of anilines is 1. The van der Waals surface area contributed by atoms with Gasteiger partial charge in [0.05, 0.1) is 17.7 Å². The Morgan fingerprint density at radius 1 is 0.884 bits per heavy atom. The zero-order valence-corrected chi connectivity index (χ0v) is 25.8. The van der Waals surface area contributed by atoms with Gasteiger partial charge >= 0.3 is 0 Å². The first kappa shape index (κ1) is 31.6. The molecule has 0 radical (unpaired) electrons. The lowest BCUT2D eigenvalue weighted by atomic mass is 10.0. The Balaban J connectivity index is 1.79. The van der Waals surface area contributed by atoms with Crippen molar-refractivity contribution in [3.05, 3.63) is 125 Å². The van der Waals surface area contributed by atoms with Crippen LogP contribution in [-0.4, -0.2) is 51.9 Å². The number of benzene rings is 4. The van der Waals surface area contributed by atoms with Gasteiger partial charge < -0.3 is 15.0 Å². The molecule has 1 N–H and O–H groups in total. The van der Waals surface area contributed by atoms with E-state index in [1.807, 2.05) is 61.5 Å². The third-order valence-electron chi connectivity index (χ3n) is 6.98. The summed E-state index contributed by atoms with van der Waals surface area (Å²) in [4.78, 5) is 29.1. The summed E-state index contributed by atoms with van der Waals surface area (Å²) in [7, 11) is -1.24. The molecule has 0 aromatic heterocycles. The van der Waals surface area contributed by atoms with Crippen molar-refractivity contribution in [3.8, 4) is 5.75 Å². The molecule has 4 rings (SSSR count). The highest BCUT2D eigenvalue weighted by Gasteiger charge is 2.34. The topological polar surface area (TPSA) is 96.0 Å². The molecule has 224 valence electrons. The predicted molar refractivity (Wildman–Crippen MR) is 169 cm³/mol. The molecule has 0 aliphatic rings. The molecule has 0 spiro atoms. The Hall–Kier alpha value is -4.34. The Morgan fingerprint density at radius 3 is 2.19 bits per heavy atom. The summed E-state index contributed by atoms with van der Waals surface area (Å²) >= 11 is 6.26. The number of rotatable bonds is 12. The van der Waals surface area contributed by atoms with E-state index in [4.69, 9.17) is 16.3 Å². The summed E-state index contributed by atoms with van der Waals surface area (Å²) in [6.45, 7) is 1.47. The minimum absolute atomic E-state index is 0.0292. The monoisotopic (exact) mass is 619 g/mol. The fraction of sp³-hybridized carbons (Fsp3) is 0.212. The van der Waals surface area contributed by atoms with E-state index in [2.05, 4.69) is 5.32 Å². The Morgan fingerprint density at radius 2 is 1.56 bits per heavy atom. The van der Waals surface area contributed by atoms with Crippen LogP contribution in [0, 0.1) is 6.92 Å². The first-order valence-corrected chi connectivity index (χ1v) is 15.5. The van der Waals surface area contributed by atoms with Crippen molar-refractivity contribution in [1.82, 2.24) is 10.2 Å². The van der Waals surface area contributed by atoms with E-state index in [-0.39, 0.29) is 29.5 Å². The molecule has 0 fully saturated rings. The van der Waals surface area contributed by atoms with Gasteiger partial charge in [-0.15, -0.1) is 0 Å². The van der Waals surface area contributed by atoms with Crippen molar-refractivity contribution in [3.63, 3.8) is 0 Å². The zero-order valence-electron chi connectivity index (χ0n) is 24.2. The Kier molecular flexibility index (Phi) is 10.4. The largest absolute Gasteiger partial charge is 0.497 e. The molecule has 2 amide bonds. The van der Waals surface area contributed by atoms with Gasteiger partial charge in [0.1, 0.15) is 18.3 Å². The van der Waals surface area contributed by atoms with E-state index in [9.17, 15) is 18.0 Å². The van der Waals surface area contributed by atoms with E-state index in [0.29, 0.717) is 10.8 Å². The van der Waals surface area contributed by atoms with Crippen LogP contribution in [0.15, 0.2) is 108 Å². The van der Waals surface area contributed by atoms with E-state index < -0.39 is 28.5 Å². The van der Waals surface area contributed by atoms with Crippen LogP contribution in [-0.2, 0) is 32.6 Å². The van der Waals surface area contributed by atoms with Crippen molar-refractivity contribution in [2.75, 3.05) is 25.0 Å². The van der Waals surface area contributed by atoms with E-state index >= 15 is 0 Å². The van der Waals surface area contributed by atoms with Gasteiger partial charge in [0.15, 0.2) is 0 Å². The summed E-state index contributed by atoms with van der Waals surface area (Å²) in [5.74, 6) is -0.428. The Labute approximate surface area is 257 Å². The zero-order chi connectivity index (χ0) is 31.0. The third-order valence-corrected chi connectivity index (χ3v) is 9.00. The number of methoxy groups -OCH3 is 1. The van der Waals surface area contributed by atoms with Gasteiger partial charge in [0, 0.05) is 25.0 Å². The minimum atomic E-state index is -4.24. The van der Waals surface area contributed by atoms with Gasteiger partial charge in [0.2, 0.25) is 11.8 Å². The first-order chi connectivity index (χ1) is 20.6. The first-order valence-electron chi connectivity index (χ1n) is 13.6. The molecule has 0 heterocycles. The van der Waals surface area contributed by atoms with Crippen molar-refractivity contribution >= 4 is 39.1 Å². The molecule has 0 bridgehead atoms. The average molecular weight is 620 g/mol. The normalized spacial score (nSPS) is 11.8. The molecule has 4 aromatic rings. The fourth-order valence-electron chi connectivity index (χ4n) is 4.76. The smallest absolute Gasteiger partial charge is 0.264 e. The minimum Gasteiger partial charge on any atom is -0.497 e. The van der Waals surface area contributed by atoms with E-state index in [1.165, 1.54) is 49.4 Å². The molecule has 43 heavy (non-hydrogen) atoms. The van der Waals surface area contributed by atoms with E-state index in [0.717, 1.165) is 21.0 Å². The number of aryl methyl sites for hydroxylation is 1. The second kappa shape index (κ2) is 14.2. The van der Waals surface area contributed by atoms with Crippen LogP contribution in [0.5, 0.6) is 5.75 Å². The lowest BCUT2D eigenvalue weighted by molar-refractivity contribution is -0.139. The van der Waals surface area contributed by atoms with Crippen LogP contribution in [0.2, 0.25) is 5.02 Å². The summed E-state index contributed by atoms with van der Waals surface area (Å²) in [6, 6.07) is 28.3. The molecule has 0 saturated heterocycles. The van der Waals surface area contributed by atoms with Crippen molar-refractivity contribution < 1.29 is 22.7 Å². The maximum Gasteiger partial charge on any atom is 0.264 e. The lowest BCUT2D eigenvalue weighted by Gasteiger charge is -2.33. The summed E-state index contributed by atoms with van der Waals surface area (Å²) in [5.41, 5.74) is 2.87. The highest BCUT2D eigenvalue weighted by Crippen LogP contribution is 2.28. The number of likely N-dealkylation sites (N-methyl/N-ethyl adjacent to an activating group) is 1. The molecule has 8 nitrogen and oxygen atoms in total. The molecule has 0 saturated carbocycles. The van der Waals surface area contributed by atoms with Crippen molar-refractivity contribution in [1.29, 1.82) is 0 Å². The van der Waals surface area contributed by atoms with Crippen LogP contribution in [0.1, 0.15) is 16.7 Å². The van der Waals surface area contributed by atoms with Gasteiger partial charge in [-0.3, -0.25) is 13.9 Å².